The SMILES string of the molecule is CCCc1ncnc2sc(C)c(CC)c12. The summed E-state index contributed by atoms with van der Waals surface area (Å²) < 4.78 is 0. The lowest BCUT2D eigenvalue weighted by Gasteiger charge is -2.02. The van der Waals surface area contributed by atoms with E-state index in [1.807, 2.05) is 0 Å². The Morgan fingerprint density at radius 3 is 2.73 bits per heavy atom. The third kappa shape index (κ3) is 1.76. The summed E-state index contributed by atoms with van der Waals surface area (Å²) in [6, 6.07) is 0. The second-order valence-corrected chi connectivity index (χ2v) is 4.94. The molecule has 0 saturated carbocycles. The van der Waals surface area contributed by atoms with Crippen LogP contribution in [0, 0.1) is 6.92 Å². The minimum atomic E-state index is 1.06. The number of fused-ring (bicyclic) bond motifs is 1. The van der Waals surface area contributed by atoms with E-state index in [2.05, 4.69) is 30.7 Å². The molecule has 0 atom stereocenters. The first-order valence-corrected chi connectivity index (χ1v) is 6.31. The molecule has 0 N–H and O–H groups in total. The van der Waals surface area contributed by atoms with Crippen LogP contribution < -0.4 is 0 Å². The molecular weight excluding hydrogens is 204 g/mol. The largest absolute Gasteiger partial charge is 0.241 e. The van der Waals surface area contributed by atoms with Crippen molar-refractivity contribution in [2.45, 2.75) is 40.0 Å². The van der Waals surface area contributed by atoms with Gasteiger partial charge >= 0.3 is 0 Å². The van der Waals surface area contributed by atoms with Gasteiger partial charge in [0, 0.05) is 10.3 Å². The molecule has 2 aromatic rings. The molecule has 0 unspecified atom stereocenters. The van der Waals surface area contributed by atoms with Gasteiger partial charge in [-0.3, -0.25) is 0 Å². The molecule has 0 spiro atoms. The Morgan fingerprint density at radius 2 is 2.07 bits per heavy atom. The van der Waals surface area contributed by atoms with Crippen LogP contribution in [0.25, 0.3) is 10.2 Å². The summed E-state index contributed by atoms with van der Waals surface area (Å²) in [5, 5.41) is 1.32. The van der Waals surface area contributed by atoms with Crippen LogP contribution >= 0.6 is 11.3 Å². The smallest absolute Gasteiger partial charge is 0.127 e. The zero-order chi connectivity index (χ0) is 10.8. The molecule has 15 heavy (non-hydrogen) atoms. The predicted octanol–water partition coefficient (Wildman–Crippen LogP) is 3.51. The average Bonchev–Trinajstić information content (AvgIpc) is 2.55. The summed E-state index contributed by atoms with van der Waals surface area (Å²) in [4.78, 5) is 11.3. The molecule has 3 heteroatoms. The first kappa shape index (κ1) is 10.6. The van der Waals surface area contributed by atoms with Crippen molar-refractivity contribution in [3.8, 4) is 0 Å². The number of hydrogen-bond donors (Lipinski definition) is 0. The van der Waals surface area contributed by atoms with Crippen molar-refractivity contribution in [2.75, 3.05) is 0 Å². The van der Waals surface area contributed by atoms with E-state index in [-0.39, 0.29) is 0 Å². The quantitative estimate of drug-likeness (QED) is 0.791. The van der Waals surface area contributed by atoms with Crippen molar-refractivity contribution in [3.63, 3.8) is 0 Å². The molecule has 0 aliphatic rings. The average molecular weight is 220 g/mol. The highest BCUT2D eigenvalue weighted by molar-refractivity contribution is 7.18. The zero-order valence-electron chi connectivity index (χ0n) is 9.50. The second-order valence-electron chi connectivity index (χ2n) is 3.74. The van der Waals surface area contributed by atoms with Crippen molar-refractivity contribution < 1.29 is 0 Å². The molecule has 0 saturated heterocycles. The Kier molecular flexibility index (Phi) is 3.00. The number of rotatable bonds is 3. The summed E-state index contributed by atoms with van der Waals surface area (Å²) in [6.07, 6.45) is 4.98. The summed E-state index contributed by atoms with van der Waals surface area (Å²) in [7, 11) is 0. The number of thiophene rings is 1. The maximum Gasteiger partial charge on any atom is 0.127 e. The van der Waals surface area contributed by atoms with Gasteiger partial charge in [0.05, 0.1) is 5.69 Å². The fraction of sp³-hybridized carbons (Fsp3) is 0.500. The molecule has 2 nitrogen and oxygen atoms in total. The van der Waals surface area contributed by atoms with Gasteiger partial charge in [-0.15, -0.1) is 11.3 Å². The maximum atomic E-state index is 4.41. The van der Waals surface area contributed by atoms with Crippen LogP contribution in [0.3, 0.4) is 0 Å². The predicted molar refractivity (Wildman–Crippen MR) is 65.5 cm³/mol. The molecule has 80 valence electrons. The van der Waals surface area contributed by atoms with Crippen LogP contribution in [0.15, 0.2) is 6.33 Å². The van der Waals surface area contributed by atoms with E-state index < -0.39 is 0 Å². The molecule has 0 radical (unpaired) electrons. The summed E-state index contributed by atoms with van der Waals surface area (Å²) in [6.45, 7) is 6.58. The lowest BCUT2D eigenvalue weighted by Crippen LogP contribution is -1.93. The first-order chi connectivity index (χ1) is 7.27. The number of hydrogen-bond acceptors (Lipinski definition) is 3. The molecule has 0 fully saturated rings. The van der Waals surface area contributed by atoms with Gasteiger partial charge in [-0.2, -0.15) is 0 Å². The van der Waals surface area contributed by atoms with Crippen LogP contribution in [0.1, 0.15) is 36.4 Å². The lowest BCUT2D eigenvalue weighted by molar-refractivity contribution is 0.885. The van der Waals surface area contributed by atoms with Gasteiger partial charge in [-0.1, -0.05) is 20.3 Å². The maximum absolute atomic E-state index is 4.41. The van der Waals surface area contributed by atoms with E-state index in [0.717, 1.165) is 24.1 Å². The monoisotopic (exact) mass is 220 g/mol. The zero-order valence-corrected chi connectivity index (χ0v) is 10.3. The van der Waals surface area contributed by atoms with Crippen LogP contribution in [0.4, 0.5) is 0 Å². The molecule has 2 aromatic heterocycles. The molecular formula is C12H16N2S. The third-order valence-electron chi connectivity index (χ3n) is 2.71. The minimum absolute atomic E-state index is 1.06. The van der Waals surface area contributed by atoms with Crippen molar-refractivity contribution in [1.82, 2.24) is 9.97 Å². The van der Waals surface area contributed by atoms with Crippen molar-refractivity contribution in [3.05, 3.63) is 22.5 Å². The second kappa shape index (κ2) is 4.27. The topological polar surface area (TPSA) is 25.8 Å². The Bertz CT molecular complexity index is 474. The highest BCUT2D eigenvalue weighted by atomic mass is 32.1. The molecule has 0 bridgehead atoms. The molecule has 2 heterocycles. The molecule has 0 aliphatic carbocycles. The Morgan fingerprint density at radius 1 is 1.27 bits per heavy atom. The van der Waals surface area contributed by atoms with E-state index in [0.29, 0.717) is 0 Å². The molecule has 0 amide bonds. The molecule has 0 aliphatic heterocycles. The first-order valence-electron chi connectivity index (χ1n) is 5.49. The van der Waals surface area contributed by atoms with Crippen LogP contribution in [0.5, 0.6) is 0 Å². The fourth-order valence-electron chi connectivity index (χ4n) is 2.02. The van der Waals surface area contributed by atoms with E-state index in [9.17, 15) is 0 Å². The molecule has 0 aromatic carbocycles. The third-order valence-corrected chi connectivity index (χ3v) is 3.76. The van der Waals surface area contributed by atoms with E-state index in [1.165, 1.54) is 21.5 Å². The normalized spacial score (nSPS) is 11.1. The van der Waals surface area contributed by atoms with Gasteiger partial charge in [0.1, 0.15) is 11.2 Å². The van der Waals surface area contributed by atoms with Crippen LogP contribution in [-0.2, 0) is 12.8 Å². The van der Waals surface area contributed by atoms with Crippen LogP contribution in [0.2, 0.25) is 0 Å². The Labute approximate surface area is 94.4 Å². The summed E-state index contributed by atoms with van der Waals surface area (Å²) >= 11 is 1.79. The Balaban J connectivity index is 2.70. The van der Waals surface area contributed by atoms with Crippen LogP contribution in [-0.4, -0.2) is 9.97 Å². The van der Waals surface area contributed by atoms with Gasteiger partial charge in [0.2, 0.25) is 0 Å². The standard InChI is InChI=1S/C12H16N2S/c1-4-6-10-11-9(5-2)8(3)15-12(11)14-7-13-10/h7H,4-6H2,1-3H3. The van der Waals surface area contributed by atoms with E-state index in [1.54, 1.807) is 17.7 Å². The van der Waals surface area contributed by atoms with E-state index in [4.69, 9.17) is 0 Å². The van der Waals surface area contributed by atoms with Gasteiger partial charge < -0.3 is 0 Å². The number of aromatic nitrogens is 2. The minimum Gasteiger partial charge on any atom is -0.241 e. The highest BCUT2D eigenvalue weighted by Gasteiger charge is 2.12. The van der Waals surface area contributed by atoms with Crippen molar-refractivity contribution in [1.29, 1.82) is 0 Å². The fourth-order valence-corrected chi connectivity index (χ4v) is 3.12. The molecule has 2 rings (SSSR count). The Hall–Kier alpha value is -0.960. The number of nitrogens with zero attached hydrogens (tertiary/aromatic N) is 2. The summed E-state index contributed by atoms with van der Waals surface area (Å²) in [5.41, 5.74) is 2.67. The van der Waals surface area contributed by atoms with Crippen molar-refractivity contribution in [2.24, 2.45) is 0 Å². The summed E-state index contributed by atoms with van der Waals surface area (Å²) in [5.74, 6) is 0. The van der Waals surface area contributed by atoms with E-state index >= 15 is 0 Å². The highest BCUT2D eigenvalue weighted by Crippen LogP contribution is 2.31. The lowest BCUT2D eigenvalue weighted by atomic mass is 10.1. The number of aryl methyl sites for hydroxylation is 3. The van der Waals surface area contributed by atoms with Gasteiger partial charge in [-0.25, -0.2) is 9.97 Å². The van der Waals surface area contributed by atoms with Gasteiger partial charge in [0.25, 0.3) is 0 Å². The van der Waals surface area contributed by atoms with Gasteiger partial charge in [0.15, 0.2) is 0 Å². The van der Waals surface area contributed by atoms with Crippen molar-refractivity contribution >= 4 is 21.6 Å². The van der Waals surface area contributed by atoms with Gasteiger partial charge in [-0.05, 0) is 25.3 Å².